The molecule has 0 aliphatic carbocycles. The van der Waals surface area contributed by atoms with E-state index in [2.05, 4.69) is 5.32 Å². The van der Waals surface area contributed by atoms with E-state index in [1.807, 2.05) is 49.6 Å². The predicted molar refractivity (Wildman–Crippen MR) is 83.2 cm³/mol. The lowest BCUT2D eigenvalue weighted by molar-refractivity contribution is -0.121. The van der Waals surface area contributed by atoms with Gasteiger partial charge >= 0.3 is 0 Å². The Bertz CT molecular complexity index is 673. The van der Waals surface area contributed by atoms with Gasteiger partial charge in [-0.1, -0.05) is 29.8 Å². The second-order valence-electron chi connectivity index (χ2n) is 5.32. The molecule has 0 spiro atoms. The molecule has 4 heteroatoms. The van der Waals surface area contributed by atoms with Crippen LogP contribution in [-0.2, 0) is 17.9 Å². The number of carbonyl (C=O) groups is 1. The maximum absolute atomic E-state index is 12.0. The highest BCUT2D eigenvalue weighted by atomic mass is 16.2. The summed E-state index contributed by atoms with van der Waals surface area (Å²) in [5, 5.41) is 2.90. The van der Waals surface area contributed by atoms with Gasteiger partial charge in [0.15, 0.2) is 5.43 Å². The minimum absolute atomic E-state index is 0.0266. The van der Waals surface area contributed by atoms with E-state index in [9.17, 15) is 9.59 Å². The van der Waals surface area contributed by atoms with Crippen molar-refractivity contribution in [1.82, 2.24) is 9.88 Å². The minimum atomic E-state index is -0.0644. The van der Waals surface area contributed by atoms with Crippen LogP contribution in [0.3, 0.4) is 0 Å². The van der Waals surface area contributed by atoms with Crippen LogP contribution in [0.5, 0.6) is 0 Å². The number of nitrogens with zero attached hydrogens (tertiary/aromatic N) is 1. The van der Waals surface area contributed by atoms with E-state index < -0.39 is 0 Å². The molecule has 1 aromatic heterocycles. The summed E-state index contributed by atoms with van der Waals surface area (Å²) in [6.07, 6.45) is 0. The molecule has 0 fully saturated rings. The number of hydrogen-bond donors (Lipinski definition) is 1. The highest BCUT2D eigenvalue weighted by Crippen LogP contribution is 2.04. The zero-order valence-electron chi connectivity index (χ0n) is 12.6. The SMILES string of the molecule is Cc1ccc(CNC(=O)Cn2c(C)cc(=O)cc2C)cc1. The predicted octanol–water partition coefficient (Wildman–Crippen LogP) is 2.09. The number of pyridine rings is 1. The number of hydrogen-bond acceptors (Lipinski definition) is 2. The fourth-order valence-corrected chi connectivity index (χ4v) is 2.24. The van der Waals surface area contributed by atoms with Crippen LogP contribution in [0, 0.1) is 20.8 Å². The molecule has 0 saturated heterocycles. The standard InChI is InChI=1S/C17H20N2O2/c1-12-4-6-15(7-5-12)10-18-17(21)11-19-13(2)8-16(20)9-14(19)3/h4-9H,10-11H2,1-3H3,(H,18,21). The first-order valence-electron chi connectivity index (χ1n) is 6.96. The number of benzene rings is 1. The van der Waals surface area contributed by atoms with Crippen molar-refractivity contribution in [1.29, 1.82) is 0 Å². The summed E-state index contributed by atoms with van der Waals surface area (Å²) < 4.78 is 1.84. The van der Waals surface area contributed by atoms with Crippen molar-refractivity contribution in [2.24, 2.45) is 0 Å². The fourth-order valence-electron chi connectivity index (χ4n) is 2.24. The molecule has 1 N–H and O–H groups in total. The molecule has 110 valence electrons. The van der Waals surface area contributed by atoms with Gasteiger partial charge < -0.3 is 9.88 Å². The lowest BCUT2D eigenvalue weighted by Gasteiger charge is -2.14. The lowest BCUT2D eigenvalue weighted by Crippen LogP contribution is -2.29. The summed E-state index contributed by atoms with van der Waals surface area (Å²) in [5.74, 6) is -0.0644. The van der Waals surface area contributed by atoms with Crippen LogP contribution in [0.1, 0.15) is 22.5 Å². The van der Waals surface area contributed by atoms with Gasteiger partial charge in [-0.05, 0) is 26.3 Å². The van der Waals surface area contributed by atoms with Gasteiger partial charge in [0.25, 0.3) is 0 Å². The first-order chi connectivity index (χ1) is 9.95. The molecular formula is C17H20N2O2. The van der Waals surface area contributed by atoms with E-state index in [0.717, 1.165) is 17.0 Å². The summed E-state index contributed by atoms with van der Waals surface area (Å²) in [6.45, 7) is 6.44. The number of aryl methyl sites for hydroxylation is 3. The quantitative estimate of drug-likeness (QED) is 0.934. The second kappa shape index (κ2) is 6.39. The third kappa shape index (κ3) is 4.05. The molecule has 0 saturated carbocycles. The van der Waals surface area contributed by atoms with Gasteiger partial charge in [0, 0.05) is 30.1 Å². The number of amides is 1. The third-order valence-corrected chi connectivity index (χ3v) is 3.47. The summed E-state index contributed by atoms with van der Waals surface area (Å²) >= 11 is 0. The first kappa shape index (κ1) is 15.0. The van der Waals surface area contributed by atoms with Crippen molar-refractivity contribution in [2.75, 3.05) is 0 Å². The van der Waals surface area contributed by atoms with Crippen molar-refractivity contribution in [3.63, 3.8) is 0 Å². The first-order valence-corrected chi connectivity index (χ1v) is 6.96. The average Bonchev–Trinajstić information content (AvgIpc) is 2.42. The van der Waals surface area contributed by atoms with E-state index >= 15 is 0 Å². The van der Waals surface area contributed by atoms with Crippen LogP contribution >= 0.6 is 0 Å². The fraction of sp³-hybridized carbons (Fsp3) is 0.294. The molecule has 0 unspecified atom stereocenters. The molecule has 1 heterocycles. The van der Waals surface area contributed by atoms with Crippen LogP contribution in [0.4, 0.5) is 0 Å². The van der Waals surface area contributed by atoms with Gasteiger partial charge in [0.2, 0.25) is 5.91 Å². The zero-order chi connectivity index (χ0) is 15.4. The van der Waals surface area contributed by atoms with Crippen LogP contribution in [0.15, 0.2) is 41.2 Å². The topological polar surface area (TPSA) is 51.1 Å². The molecule has 0 aliphatic rings. The normalized spacial score (nSPS) is 10.4. The highest BCUT2D eigenvalue weighted by Gasteiger charge is 2.07. The average molecular weight is 284 g/mol. The van der Waals surface area contributed by atoms with E-state index in [1.165, 1.54) is 5.56 Å². The van der Waals surface area contributed by atoms with Crippen LogP contribution in [-0.4, -0.2) is 10.5 Å². The van der Waals surface area contributed by atoms with E-state index in [0.29, 0.717) is 6.54 Å². The summed E-state index contributed by atoms with van der Waals surface area (Å²) in [4.78, 5) is 23.4. The summed E-state index contributed by atoms with van der Waals surface area (Å²) in [7, 11) is 0. The molecule has 2 rings (SSSR count). The van der Waals surface area contributed by atoms with Gasteiger partial charge in [0.05, 0.1) is 0 Å². The Kier molecular flexibility index (Phi) is 4.58. The van der Waals surface area contributed by atoms with Crippen LogP contribution < -0.4 is 10.7 Å². The molecule has 0 aliphatic heterocycles. The molecular weight excluding hydrogens is 264 g/mol. The monoisotopic (exact) mass is 284 g/mol. The molecule has 0 radical (unpaired) electrons. The van der Waals surface area contributed by atoms with E-state index in [1.54, 1.807) is 12.1 Å². The van der Waals surface area contributed by atoms with Gasteiger partial charge in [-0.2, -0.15) is 0 Å². The number of rotatable bonds is 4. The lowest BCUT2D eigenvalue weighted by atomic mass is 10.1. The Morgan fingerprint density at radius 2 is 1.62 bits per heavy atom. The van der Waals surface area contributed by atoms with Crippen molar-refractivity contribution in [3.05, 3.63) is 69.1 Å². The number of aromatic nitrogens is 1. The highest BCUT2D eigenvalue weighted by molar-refractivity contribution is 5.75. The van der Waals surface area contributed by atoms with E-state index in [-0.39, 0.29) is 17.9 Å². The van der Waals surface area contributed by atoms with Crippen molar-refractivity contribution < 1.29 is 4.79 Å². The van der Waals surface area contributed by atoms with Crippen molar-refractivity contribution in [3.8, 4) is 0 Å². The van der Waals surface area contributed by atoms with Gasteiger partial charge in [-0.25, -0.2) is 0 Å². The molecule has 1 aromatic carbocycles. The smallest absolute Gasteiger partial charge is 0.240 e. The maximum atomic E-state index is 12.0. The Balaban J connectivity index is 1.99. The molecule has 1 amide bonds. The number of nitrogens with one attached hydrogen (secondary N) is 1. The van der Waals surface area contributed by atoms with Crippen molar-refractivity contribution >= 4 is 5.91 Å². The summed E-state index contributed by atoms with van der Waals surface area (Å²) in [6, 6.07) is 11.1. The van der Waals surface area contributed by atoms with Crippen molar-refractivity contribution in [2.45, 2.75) is 33.9 Å². The molecule has 21 heavy (non-hydrogen) atoms. The maximum Gasteiger partial charge on any atom is 0.240 e. The molecule has 4 nitrogen and oxygen atoms in total. The molecule has 2 aromatic rings. The molecule has 0 atom stereocenters. The summed E-state index contributed by atoms with van der Waals surface area (Å²) in [5.41, 5.74) is 3.84. The minimum Gasteiger partial charge on any atom is -0.350 e. The van der Waals surface area contributed by atoms with Gasteiger partial charge in [-0.15, -0.1) is 0 Å². The third-order valence-electron chi connectivity index (χ3n) is 3.47. The van der Waals surface area contributed by atoms with Crippen LogP contribution in [0.2, 0.25) is 0 Å². The Labute approximate surface area is 124 Å². The van der Waals surface area contributed by atoms with Gasteiger partial charge in [0.1, 0.15) is 6.54 Å². The molecule has 0 bridgehead atoms. The van der Waals surface area contributed by atoms with Crippen LogP contribution in [0.25, 0.3) is 0 Å². The Hall–Kier alpha value is -2.36. The second-order valence-corrected chi connectivity index (χ2v) is 5.32. The van der Waals surface area contributed by atoms with Gasteiger partial charge in [-0.3, -0.25) is 9.59 Å². The number of carbonyl (C=O) groups excluding carboxylic acids is 1. The zero-order valence-corrected chi connectivity index (χ0v) is 12.6. The Morgan fingerprint density at radius 1 is 1.05 bits per heavy atom. The largest absolute Gasteiger partial charge is 0.350 e. The van der Waals surface area contributed by atoms with E-state index in [4.69, 9.17) is 0 Å². The Morgan fingerprint density at radius 3 is 2.19 bits per heavy atom.